The number of rotatable bonds is 2. The van der Waals surface area contributed by atoms with Crippen LogP contribution in [0.3, 0.4) is 0 Å². The fraction of sp³-hybridized carbons (Fsp3) is 0.200. The SMILES string of the molecule is Cc1ncc(Cc2cnc(N)[nH]c2=O)cn1. The van der Waals surface area contributed by atoms with Gasteiger partial charge in [0.05, 0.1) is 0 Å². The Morgan fingerprint density at radius 3 is 2.56 bits per heavy atom. The van der Waals surface area contributed by atoms with Gasteiger partial charge in [0.15, 0.2) is 5.95 Å². The molecule has 82 valence electrons. The van der Waals surface area contributed by atoms with Gasteiger partial charge in [-0.05, 0) is 12.5 Å². The lowest BCUT2D eigenvalue weighted by Crippen LogP contribution is -2.16. The number of aromatic nitrogens is 4. The van der Waals surface area contributed by atoms with E-state index in [0.29, 0.717) is 17.8 Å². The van der Waals surface area contributed by atoms with E-state index in [2.05, 4.69) is 19.9 Å². The van der Waals surface area contributed by atoms with E-state index < -0.39 is 0 Å². The van der Waals surface area contributed by atoms with Gasteiger partial charge in [-0.1, -0.05) is 0 Å². The molecule has 6 heteroatoms. The maximum absolute atomic E-state index is 11.5. The molecular formula is C10H11N5O. The summed E-state index contributed by atoms with van der Waals surface area (Å²) in [6.45, 7) is 1.81. The van der Waals surface area contributed by atoms with Gasteiger partial charge in [-0.25, -0.2) is 15.0 Å². The van der Waals surface area contributed by atoms with Crippen LogP contribution in [0.2, 0.25) is 0 Å². The summed E-state index contributed by atoms with van der Waals surface area (Å²) >= 11 is 0. The van der Waals surface area contributed by atoms with E-state index in [1.54, 1.807) is 19.3 Å². The van der Waals surface area contributed by atoms with Crippen LogP contribution in [-0.4, -0.2) is 19.9 Å². The smallest absolute Gasteiger partial charge is 0.255 e. The van der Waals surface area contributed by atoms with Gasteiger partial charge in [0.2, 0.25) is 0 Å². The van der Waals surface area contributed by atoms with Gasteiger partial charge in [0.1, 0.15) is 5.82 Å². The normalized spacial score (nSPS) is 10.3. The minimum atomic E-state index is -0.229. The molecule has 0 aliphatic rings. The largest absolute Gasteiger partial charge is 0.369 e. The molecule has 0 aliphatic carbocycles. The van der Waals surface area contributed by atoms with Crippen LogP contribution in [0.25, 0.3) is 0 Å². The summed E-state index contributed by atoms with van der Waals surface area (Å²) in [6, 6.07) is 0. The van der Waals surface area contributed by atoms with Crippen molar-refractivity contribution in [2.24, 2.45) is 0 Å². The highest BCUT2D eigenvalue weighted by atomic mass is 16.1. The van der Waals surface area contributed by atoms with E-state index in [0.717, 1.165) is 5.56 Å². The number of anilines is 1. The quantitative estimate of drug-likeness (QED) is 0.740. The number of aryl methyl sites for hydroxylation is 1. The third-order valence-electron chi connectivity index (χ3n) is 2.12. The standard InChI is InChI=1S/C10H11N5O/c1-6-12-3-7(4-13-6)2-8-5-14-10(11)15-9(8)16/h3-5H,2H2,1H3,(H3,11,14,15,16). The van der Waals surface area contributed by atoms with Crippen molar-refractivity contribution in [2.45, 2.75) is 13.3 Å². The van der Waals surface area contributed by atoms with Gasteiger partial charge >= 0.3 is 0 Å². The van der Waals surface area contributed by atoms with E-state index in [-0.39, 0.29) is 11.5 Å². The summed E-state index contributed by atoms with van der Waals surface area (Å²) < 4.78 is 0. The molecular weight excluding hydrogens is 206 g/mol. The predicted octanol–water partition coefficient (Wildman–Crippen LogP) is 0.0413. The first-order chi connectivity index (χ1) is 7.65. The Morgan fingerprint density at radius 2 is 1.94 bits per heavy atom. The number of nitrogens with one attached hydrogen (secondary N) is 1. The topological polar surface area (TPSA) is 97.5 Å². The molecule has 16 heavy (non-hydrogen) atoms. The van der Waals surface area contributed by atoms with E-state index in [4.69, 9.17) is 5.73 Å². The molecule has 2 aromatic rings. The molecule has 0 radical (unpaired) electrons. The lowest BCUT2D eigenvalue weighted by atomic mass is 10.1. The molecule has 0 saturated heterocycles. The summed E-state index contributed by atoms with van der Waals surface area (Å²) in [5.41, 5.74) is 6.53. The number of nitrogens with two attached hydrogens (primary N) is 1. The first-order valence-electron chi connectivity index (χ1n) is 4.76. The van der Waals surface area contributed by atoms with Gasteiger partial charge in [-0.3, -0.25) is 9.78 Å². The Balaban J connectivity index is 2.27. The number of aromatic amines is 1. The van der Waals surface area contributed by atoms with Gasteiger partial charge in [0, 0.05) is 30.6 Å². The molecule has 0 spiro atoms. The number of hydrogen-bond donors (Lipinski definition) is 2. The van der Waals surface area contributed by atoms with Gasteiger partial charge < -0.3 is 5.73 Å². The summed E-state index contributed by atoms with van der Waals surface area (Å²) in [5, 5.41) is 0. The summed E-state index contributed by atoms with van der Waals surface area (Å²) in [7, 11) is 0. The third-order valence-corrected chi connectivity index (χ3v) is 2.12. The second-order valence-electron chi connectivity index (χ2n) is 3.44. The molecule has 0 amide bonds. The second kappa shape index (κ2) is 4.09. The van der Waals surface area contributed by atoms with Crippen LogP contribution in [0.15, 0.2) is 23.4 Å². The molecule has 0 saturated carbocycles. The molecule has 2 aromatic heterocycles. The maximum atomic E-state index is 11.5. The van der Waals surface area contributed by atoms with Crippen molar-refractivity contribution in [3.8, 4) is 0 Å². The highest BCUT2D eigenvalue weighted by Crippen LogP contribution is 2.02. The first kappa shape index (κ1) is 10.3. The van der Waals surface area contributed by atoms with Crippen LogP contribution in [0.4, 0.5) is 5.95 Å². The Labute approximate surface area is 91.6 Å². The Hall–Kier alpha value is -2.24. The summed E-state index contributed by atoms with van der Waals surface area (Å²) in [5.74, 6) is 0.821. The van der Waals surface area contributed by atoms with E-state index >= 15 is 0 Å². The summed E-state index contributed by atoms with van der Waals surface area (Å²) in [4.78, 5) is 25.9. The fourth-order valence-corrected chi connectivity index (χ4v) is 1.29. The second-order valence-corrected chi connectivity index (χ2v) is 3.44. The van der Waals surface area contributed by atoms with Crippen LogP contribution in [0.5, 0.6) is 0 Å². The van der Waals surface area contributed by atoms with Gasteiger partial charge in [-0.2, -0.15) is 0 Å². The molecule has 0 aliphatic heterocycles. The van der Waals surface area contributed by atoms with Crippen LogP contribution >= 0.6 is 0 Å². The fourth-order valence-electron chi connectivity index (χ4n) is 1.29. The molecule has 3 N–H and O–H groups in total. The number of nitrogens with zero attached hydrogens (tertiary/aromatic N) is 3. The van der Waals surface area contributed by atoms with Crippen molar-refractivity contribution in [2.75, 3.05) is 5.73 Å². The highest BCUT2D eigenvalue weighted by molar-refractivity contribution is 5.22. The molecule has 2 heterocycles. The average Bonchev–Trinajstić information content (AvgIpc) is 2.25. The lowest BCUT2D eigenvalue weighted by Gasteiger charge is -2.00. The Bertz CT molecular complexity index is 546. The molecule has 0 unspecified atom stereocenters. The van der Waals surface area contributed by atoms with E-state index in [9.17, 15) is 4.79 Å². The van der Waals surface area contributed by atoms with Crippen LogP contribution in [0.1, 0.15) is 17.0 Å². The molecule has 0 aromatic carbocycles. The van der Waals surface area contributed by atoms with Crippen molar-refractivity contribution in [1.29, 1.82) is 0 Å². The number of H-pyrrole nitrogens is 1. The van der Waals surface area contributed by atoms with Crippen molar-refractivity contribution in [3.63, 3.8) is 0 Å². The van der Waals surface area contributed by atoms with Crippen LogP contribution in [-0.2, 0) is 6.42 Å². The lowest BCUT2D eigenvalue weighted by molar-refractivity contribution is 0.979. The Morgan fingerprint density at radius 1 is 1.25 bits per heavy atom. The number of hydrogen-bond acceptors (Lipinski definition) is 5. The van der Waals surface area contributed by atoms with E-state index in [1.165, 1.54) is 6.20 Å². The van der Waals surface area contributed by atoms with Gasteiger partial charge in [-0.15, -0.1) is 0 Å². The molecule has 6 nitrogen and oxygen atoms in total. The average molecular weight is 217 g/mol. The molecule has 0 fully saturated rings. The zero-order chi connectivity index (χ0) is 11.5. The van der Waals surface area contributed by atoms with Gasteiger partial charge in [0.25, 0.3) is 5.56 Å². The highest BCUT2D eigenvalue weighted by Gasteiger charge is 2.03. The minimum Gasteiger partial charge on any atom is -0.369 e. The minimum absolute atomic E-state index is 0.119. The summed E-state index contributed by atoms with van der Waals surface area (Å²) in [6.07, 6.45) is 5.30. The van der Waals surface area contributed by atoms with Crippen molar-refractivity contribution < 1.29 is 0 Å². The van der Waals surface area contributed by atoms with Crippen molar-refractivity contribution in [1.82, 2.24) is 19.9 Å². The van der Waals surface area contributed by atoms with E-state index in [1.807, 2.05) is 0 Å². The van der Waals surface area contributed by atoms with Crippen LogP contribution in [0, 0.1) is 6.92 Å². The molecule has 0 bridgehead atoms. The van der Waals surface area contributed by atoms with Crippen LogP contribution < -0.4 is 11.3 Å². The maximum Gasteiger partial charge on any atom is 0.255 e. The Kier molecular flexibility index (Phi) is 2.63. The molecule has 2 rings (SSSR count). The monoisotopic (exact) mass is 217 g/mol. The number of nitrogen functional groups attached to an aromatic ring is 1. The first-order valence-corrected chi connectivity index (χ1v) is 4.76. The predicted molar refractivity (Wildman–Crippen MR) is 58.8 cm³/mol. The zero-order valence-corrected chi connectivity index (χ0v) is 8.77. The van der Waals surface area contributed by atoms with Crippen molar-refractivity contribution >= 4 is 5.95 Å². The van der Waals surface area contributed by atoms with Crippen molar-refractivity contribution in [3.05, 3.63) is 45.9 Å². The zero-order valence-electron chi connectivity index (χ0n) is 8.77. The molecule has 0 atom stereocenters. The third kappa shape index (κ3) is 2.22.